The number of amides is 1. The number of rotatable bonds is 7. The molecule has 0 bridgehead atoms. The van der Waals surface area contributed by atoms with Crippen molar-refractivity contribution in [3.63, 3.8) is 0 Å². The highest BCUT2D eigenvalue weighted by molar-refractivity contribution is 6.33. The second-order valence-electron chi connectivity index (χ2n) is 9.64. The Bertz CT molecular complexity index is 1480. The van der Waals surface area contributed by atoms with Gasteiger partial charge in [0.15, 0.2) is 11.2 Å². The molecule has 0 spiro atoms. The Labute approximate surface area is 212 Å². The standard InChI is InChI=1S/C26H25ClN6O3/c1-15-5-8-28-16(9-15)13-33-23(32-22-24(33)30-14-31-25(22)36-26(2)6-7-26)19-4-3-17(10-20(19)27)35-18-11-21(34)29-12-18/h3-5,8-10,14,18H,6-7,11-13H2,1-2H3,(H,29,34). The highest BCUT2D eigenvalue weighted by Gasteiger charge is 2.41. The minimum Gasteiger partial charge on any atom is -0.488 e. The maximum atomic E-state index is 11.5. The molecule has 1 atom stereocenters. The summed E-state index contributed by atoms with van der Waals surface area (Å²) in [4.78, 5) is 29.9. The molecule has 3 aromatic heterocycles. The van der Waals surface area contributed by atoms with E-state index in [1.165, 1.54) is 6.33 Å². The van der Waals surface area contributed by atoms with Crippen LogP contribution in [0.3, 0.4) is 0 Å². The van der Waals surface area contributed by atoms with Crippen molar-refractivity contribution in [1.29, 1.82) is 0 Å². The smallest absolute Gasteiger partial charge is 0.245 e. The van der Waals surface area contributed by atoms with Gasteiger partial charge in [-0.15, -0.1) is 0 Å². The Balaban J connectivity index is 1.42. The number of benzene rings is 1. The van der Waals surface area contributed by atoms with Gasteiger partial charge in [-0.2, -0.15) is 4.98 Å². The van der Waals surface area contributed by atoms with Crippen LogP contribution in [0.1, 0.15) is 37.4 Å². The molecule has 1 saturated heterocycles. The molecule has 4 heterocycles. The number of pyridine rings is 1. The Morgan fingerprint density at radius 3 is 2.78 bits per heavy atom. The summed E-state index contributed by atoms with van der Waals surface area (Å²) >= 11 is 6.76. The van der Waals surface area contributed by atoms with Crippen LogP contribution in [0, 0.1) is 6.92 Å². The van der Waals surface area contributed by atoms with Gasteiger partial charge in [-0.1, -0.05) is 11.6 Å². The second-order valence-corrected chi connectivity index (χ2v) is 10.0. The van der Waals surface area contributed by atoms with Crippen LogP contribution in [0.5, 0.6) is 11.6 Å². The molecule has 1 unspecified atom stereocenters. The zero-order valence-electron chi connectivity index (χ0n) is 20.0. The summed E-state index contributed by atoms with van der Waals surface area (Å²) in [6, 6.07) is 9.47. The van der Waals surface area contributed by atoms with Gasteiger partial charge in [0.05, 0.1) is 30.2 Å². The highest BCUT2D eigenvalue weighted by atomic mass is 35.5. The maximum absolute atomic E-state index is 11.5. The van der Waals surface area contributed by atoms with E-state index >= 15 is 0 Å². The zero-order valence-corrected chi connectivity index (χ0v) is 20.7. The molecule has 1 N–H and O–H groups in total. The van der Waals surface area contributed by atoms with Crippen molar-refractivity contribution in [2.45, 2.75) is 51.4 Å². The van der Waals surface area contributed by atoms with E-state index in [1.807, 2.05) is 35.8 Å². The topological polar surface area (TPSA) is 104 Å². The number of aromatic nitrogens is 5. The first-order valence-electron chi connectivity index (χ1n) is 11.9. The minimum atomic E-state index is -0.213. The minimum absolute atomic E-state index is 0.0135. The van der Waals surface area contributed by atoms with Crippen molar-refractivity contribution >= 4 is 28.7 Å². The van der Waals surface area contributed by atoms with Crippen LogP contribution in [0.4, 0.5) is 0 Å². The molecule has 1 aliphatic carbocycles. The quantitative estimate of drug-likeness (QED) is 0.404. The van der Waals surface area contributed by atoms with Crippen molar-refractivity contribution in [1.82, 2.24) is 29.8 Å². The average molecular weight is 505 g/mol. The second kappa shape index (κ2) is 8.74. The molecule has 1 aliphatic heterocycles. The van der Waals surface area contributed by atoms with E-state index in [1.54, 1.807) is 12.3 Å². The van der Waals surface area contributed by atoms with Crippen LogP contribution >= 0.6 is 11.6 Å². The Morgan fingerprint density at radius 2 is 2.06 bits per heavy atom. The molecule has 2 aliphatic rings. The van der Waals surface area contributed by atoms with Crippen LogP contribution in [-0.2, 0) is 11.3 Å². The van der Waals surface area contributed by atoms with Crippen LogP contribution in [0.2, 0.25) is 5.02 Å². The zero-order chi connectivity index (χ0) is 24.9. The third kappa shape index (κ3) is 4.46. The lowest BCUT2D eigenvalue weighted by molar-refractivity contribution is -0.119. The monoisotopic (exact) mass is 504 g/mol. The summed E-state index contributed by atoms with van der Waals surface area (Å²) in [5, 5.41) is 3.25. The van der Waals surface area contributed by atoms with Gasteiger partial charge in [-0.25, -0.2) is 9.97 Å². The highest BCUT2D eigenvalue weighted by Crippen LogP contribution is 2.41. The molecule has 1 aromatic carbocycles. The summed E-state index contributed by atoms with van der Waals surface area (Å²) in [7, 11) is 0. The lowest BCUT2D eigenvalue weighted by atomic mass is 10.2. The van der Waals surface area contributed by atoms with Crippen LogP contribution < -0.4 is 14.8 Å². The first-order valence-corrected chi connectivity index (χ1v) is 12.3. The van der Waals surface area contributed by atoms with Crippen LogP contribution in [0.25, 0.3) is 22.6 Å². The van der Waals surface area contributed by atoms with Crippen LogP contribution in [0.15, 0.2) is 42.9 Å². The summed E-state index contributed by atoms with van der Waals surface area (Å²) in [6.45, 7) is 5.04. The fourth-order valence-corrected chi connectivity index (χ4v) is 4.56. The number of aryl methyl sites for hydroxylation is 1. The molecule has 1 saturated carbocycles. The van der Waals surface area contributed by atoms with E-state index in [2.05, 4.69) is 27.2 Å². The maximum Gasteiger partial charge on any atom is 0.245 e. The molecule has 36 heavy (non-hydrogen) atoms. The molecule has 6 rings (SSSR count). The van der Waals surface area contributed by atoms with Gasteiger partial charge >= 0.3 is 0 Å². The Hall–Kier alpha value is -3.72. The molecular formula is C26H25ClN6O3. The summed E-state index contributed by atoms with van der Waals surface area (Å²) in [5.74, 6) is 1.68. The van der Waals surface area contributed by atoms with E-state index in [0.717, 1.165) is 29.7 Å². The Kier molecular flexibility index (Phi) is 5.52. The number of fused-ring (bicyclic) bond motifs is 1. The summed E-state index contributed by atoms with van der Waals surface area (Å²) in [6.07, 6.45) is 5.38. The number of imidazole rings is 1. The Morgan fingerprint density at radius 1 is 1.19 bits per heavy atom. The summed E-state index contributed by atoms with van der Waals surface area (Å²) < 4.78 is 14.1. The van der Waals surface area contributed by atoms with Crippen molar-refractivity contribution < 1.29 is 14.3 Å². The van der Waals surface area contributed by atoms with E-state index in [0.29, 0.717) is 53.2 Å². The van der Waals surface area contributed by atoms with Crippen molar-refractivity contribution in [2.75, 3.05) is 6.54 Å². The number of nitrogens with one attached hydrogen (secondary N) is 1. The van der Waals surface area contributed by atoms with Gasteiger partial charge in [-0.05, 0) is 62.6 Å². The molecule has 184 valence electrons. The van der Waals surface area contributed by atoms with E-state index in [9.17, 15) is 4.79 Å². The molecule has 4 aromatic rings. The van der Waals surface area contributed by atoms with Gasteiger partial charge in [0, 0.05) is 11.8 Å². The van der Waals surface area contributed by atoms with Gasteiger partial charge in [0.25, 0.3) is 0 Å². The molecule has 10 heteroatoms. The fraction of sp³-hybridized carbons (Fsp3) is 0.346. The molecule has 1 amide bonds. The third-order valence-corrected chi connectivity index (χ3v) is 6.82. The normalized spacial score (nSPS) is 18.3. The fourth-order valence-electron chi connectivity index (χ4n) is 4.31. The lowest BCUT2D eigenvalue weighted by Gasteiger charge is -2.14. The number of carbonyl (C=O) groups excluding carboxylic acids is 1. The van der Waals surface area contributed by atoms with Gasteiger partial charge in [-0.3, -0.25) is 9.78 Å². The lowest BCUT2D eigenvalue weighted by Crippen LogP contribution is -2.20. The SMILES string of the molecule is Cc1ccnc(Cn2c(-c3ccc(OC4CNC(=O)C4)cc3Cl)nc3c(OC4(C)CC4)ncnc32)c1. The van der Waals surface area contributed by atoms with Gasteiger partial charge in [0.2, 0.25) is 11.8 Å². The van der Waals surface area contributed by atoms with Crippen molar-refractivity contribution in [3.05, 3.63) is 59.1 Å². The van der Waals surface area contributed by atoms with E-state index < -0.39 is 0 Å². The number of hydrogen-bond acceptors (Lipinski definition) is 7. The third-order valence-electron chi connectivity index (χ3n) is 6.51. The van der Waals surface area contributed by atoms with Crippen LogP contribution in [-0.4, -0.2) is 48.7 Å². The average Bonchev–Trinajstić information content (AvgIpc) is 3.24. The first kappa shape index (κ1) is 22.7. The molecule has 0 radical (unpaired) electrons. The van der Waals surface area contributed by atoms with E-state index in [-0.39, 0.29) is 17.6 Å². The predicted molar refractivity (Wildman–Crippen MR) is 134 cm³/mol. The molecule has 9 nitrogen and oxygen atoms in total. The number of ether oxygens (including phenoxy) is 2. The van der Waals surface area contributed by atoms with E-state index in [4.69, 9.17) is 26.1 Å². The first-order chi connectivity index (χ1) is 17.4. The number of carbonyl (C=O) groups is 1. The largest absolute Gasteiger partial charge is 0.488 e. The number of nitrogens with zero attached hydrogens (tertiary/aromatic N) is 5. The van der Waals surface area contributed by atoms with Crippen molar-refractivity contribution in [2.24, 2.45) is 0 Å². The number of halogens is 1. The van der Waals surface area contributed by atoms with Gasteiger partial charge in [0.1, 0.15) is 29.6 Å². The van der Waals surface area contributed by atoms with Crippen molar-refractivity contribution in [3.8, 4) is 23.0 Å². The predicted octanol–water partition coefficient (Wildman–Crippen LogP) is 4.10. The van der Waals surface area contributed by atoms with Gasteiger partial charge < -0.3 is 19.4 Å². The summed E-state index contributed by atoms with van der Waals surface area (Å²) in [5.41, 5.74) is 3.73. The molecule has 2 fully saturated rings. The number of hydrogen-bond donors (Lipinski definition) is 1. The molecular weight excluding hydrogens is 480 g/mol.